The number of aromatic amines is 1. The molecule has 0 bridgehead atoms. The topological polar surface area (TPSA) is 63.1 Å². The molecule has 4 heteroatoms. The highest BCUT2D eigenvalue weighted by Gasteiger charge is 2.07. The minimum absolute atomic E-state index is 0.344. The van der Waals surface area contributed by atoms with Crippen LogP contribution in [0, 0.1) is 6.92 Å². The van der Waals surface area contributed by atoms with Crippen molar-refractivity contribution in [1.29, 1.82) is 0 Å². The van der Waals surface area contributed by atoms with Crippen LogP contribution in [-0.4, -0.2) is 4.98 Å². The Labute approximate surface area is 95.5 Å². The van der Waals surface area contributed by atoms with Gasteiger partial charge in [-0.15, -0.1) is 0 Å². The van der Waals surface area contributed by atoms with Crippen LogP contribution in [0.4, 0.5) is 0 Å². The van der Waals surface area contributed by atoms with Gasteiger partial charge in [-0.2, -0.15) is 0 Å². The van der Waals surface area contributed by atoms with Gasteiger partial charge in [-0.3, -0.25) is 9.78 Å². The SMILES string of the molecule is Cc1ccc2c(ccc3c(=O)[nH]c(=O)oc32)c1. The van der Waals surface area contributed by atoms with E-state index in [1.54, 1.807) is 6.07 Å². The highest BCUT2D eigenvalue weighted by Crippen LogP contribution is 2.23. The molecule has 3 aromatic rings. The minimum Gasteiger partial charge on any atom is -0.409 e. The lowest BCUT2D eigenvalue weighted by Crippen LogP contribution is -2.17. The Morgan fingerprint density at radius 3 is 2.65 bits per heavy atom. The average Bonchev–Trinajstić information content (AvgIpc) is 2.27. The molecule has 17 heavy (non-hydrogen) atoms. The molecule has 4 nitrogen and oxygen atoms in total. The molecule has 1 aromatic heterocycles. The van der Waals surface area contributed by atoms with E-state index < -0.39 is 11.3 Å². The molecule has 1 N–H and O–H groups in total. The summed E-state index contributed by atoms with van der Waals surface area (Å²) in [5.74, 6) is -0.726. The minimum atomic E-state index is -0.726. The summed E-state index contributed by atoms with van der Waals surface area (Å²) >= 11 is 0. The van der Waals surface area contributed by atoms with Crippen molar-refractivity contribution in [1.82, 2.24) is 4.98 Å². The Morgan fingerprint density at radius 2 is 1.82 bits per heavy atom. The van der Waals surface area contributed by atoms with E-state index in [1.165, 1.54) is 0 Å². The summed E-state index contributed by atoms with van der Waals surface area (Å²) in [7, 11) is 0. The molecule has 0 unspecified atom stereocenters. The van der Waals surface area contributed by atoms with Gasteiger partial charge in [-0.25, -0.2) is 4.79 Å². The second-order valence-electron chi connectivity index (χ2n) is 4.01. The summed E-state index contributed by atoms with van der Waals surface area (Å²) in [5.41, 5.74) is 1.04. The molecule has 3 rings (SSSR count). The highest BCUT2D eigenvalue weighted by atomic mass is 16.4. The van der Waals surface area contributed by atoms with Crippen LogP contribution in [0.2, 0.25) is 0 Å². The first-order valence-corrected chi connectivity index (χ1v) is 5.22. The number of nitrogens with one attached hydrogen (secondary N) is 1. The maximum Gasteiger partial charge on any atom is 0.419 e. The summed E-state index contributed by atoms with van der Waals surface area (Å²) < 4.78 is 5.08. The van der Waals surface area contributed by atoms with E-state index in [-0.39, 0.29) is 0 Å². The number of H-pyrrole nitrogens is 1. The molecule has 0 amide bonds. The van der Waals surface area contributed by atoms with E-state index in [0.717, 1.165) is 16.3 Å². The molecule has 0 atom stereocenters. The number of aryl methyl sites for hydroxylation is 1. The van der Waals surface area contributed by atoms with Crippen LogP contribution >= 0.6 is 0 Å². The van der Waals surface area contributed by atoms with Gasteiger partial charge in [0.05, 0.1) is 5.39 Å². The number of rotatable bonds is 0. The van der Waals surface area contributed by atoms with E-state index in [0.29, 0.717) is 11.0 Å². The highest BCUT2D eigenvalue weighted by molar-refractivity contribution is 6.03. The molecule has 0 aliphatic rings. The first-order chi connectivity index (χ1) is 8.15. The quantitative estimate of drug-likeness (QED) is 0.597. The summed E-state index contributed by atoms with van der Waals surface area (Å²) in [4.78, 5) is 24.9. The third-order valence-electron chi connectivity index (χ3n) is 2.78. The van der Waals surface area contributed by atoms with Crippen LogP contribution in [-0.2, 0) is 0 Å². The summed E-state index contributed by atoms with van der Waals surface area (Å²) in [5, 5.41) is 2.11. The zero-order valence-corrected chi connectivity index (χ0v) is 9.11. The maximum absolute atomic E-state index is 11.6. The Balaban J connectivity index is 2.64. The van der Waals surface area contributed by atoms with Gasteiger partial charge in [-0.05, 0) is 18.4 Å². The molecule has 0 saturated heterocycles. The van der Waals surface area contributed by atoms with Gasteiger partial charge in [0.15, 0.2) is 5.58 Å². The fourth-order valence-electron chi connectivity index (χ4n) is 1.99. The molecule has 0 aliphatic carbocycles. The van der Waals surface area contributed by atoms with Crippen molar-refractivity contribution in [2.75, 3.05) is 0 Å². The third-order valence-corrected chi connectivity index (χ3v) is 2.78. The largest absolute Gasteiger partial charge is 0.419 e. The Bertz CT molecular complexity index is 843. The number of benzene rings is 2. The van der Waals surface area contributed by atoms with E-state index >= 15 is 0 Å². The Kier molecular flexibility index (Phi) is 1.92. The zero-order chi connectivity index (χ0) is 12.0. The number of hydrogen-bond acceptors (Lipinski definition) is 3. The second-order valence-corrected chi connectivity index (χ2v) is 4.01. The number of aromatic nitrogens is 1. The van der Waals surface area contributed by atoms with Crippen LogP contribution in [0.15, 0.2) is 44.3 Å². The zero-order valence-electron chi connectivity index (χ0n) is 9.11. The summed E-state index contributed by atoms with van der Waals surface area (Å²) in [6.45, 7) is 1.98. The van der Waals surface area contributed by atoms with E-state index in [2.05, 4.69) is 4.98 Å². The van der Waals surface area contributed by atoms with Crippen LogP contribution in [0.3, 0.4) is 0 Å². The number of fused-ring (bicyclic) bond motifs is 3. The fourth-order valence-corrected chi connectivity index (χ4v) is 1.99. The van der Waals surface area contributed by atoms with Crippen LogP contribution < -0.4 is 11.3 Å². The van der Waals surface area contributed by atoms with Crippen LogP contribution in [0.5, 0.6) is 0 Å². The molecule has 1 heterocycles. The van der Waals surface area contributed by atoms with Gasteiger partial charge in [-0.1, -0.05) is 29.8 Å². The molecule has 0 aliphatic heterocycles. The lowest BCUT2D eigenvalue weighted by atomic mass is 10.1. The van der Waals surface area contributed by atoms with Gasteiger partial charge >= 0.3 is 5.76 Å². The lowest BCUT2D eigenvalue weighted by Gasteiger charge is -2.02. The van der Waals surface area contributed by atoms with Gasteiger partial charge in [0.2, 0.25) is 0 Å². The van der Waals surface area contributed by atoms with E-state index in [4.69, 9.17) is 4.42 Å². The predicted octanol–water partition coefficient (Wildman–Crippen LogP) is 1.94. The van der Waals surface area contributed by atoms with Gasteiger partial charge in [0, 0.05) is 5.39 Å². The maximum atomic E-state index is 11.6. The monoisotopic (exact) mass is 227 g/mol. The summed E-state index contributed by atoms with van der Waals surface area (Å²) in [6.07, 6.45) is 0. The van der Waals surface area contributed by atoms with Crippen molar-refractivity contribution in [3.63, 3.8) is 0 Å². The molecular formula is C13H9NO3. The fraction of sp³-hybridized carbons (Fsp3) is 0.0769. The molecule has 0 saturated carbocycles. The number of hydrogen-bond donors (Lipinski definition) is 1. The molecule has 0 spiro atoms. The lowest BCUT2D eigenvalue weighted by molar-refractivity contribution is 0.531. The normalized spacial score (nSPS) is 11.1. The molecule has 84 valence electrons. The van der Waals surface area contributed by atoms with Crippen molar-refractivity contribution >= 4 is 21.7 Å². The van der Waals surface area contributed by atoms with Gasteiger partial charge in [0.25, 0.3) is 5.56 Å². The Hall–Kier alpha value is -2.36. The van der Waals surface area contributed by atoms with Crippen molar-refractivity contribution in [2.24, 2.45) is 0 Å². The van der Waals surface area contributed by atoms with Crippen molar-refractivity contribution in [3.8, 4) is 0 Å². The smallest absolute Gasteiger partial charge is 0.409 e. The first-order valence-electron chi connectivity index (χ1n) is 5.22. The average molecular weight is 227 g/mol. The van der Waals surface area contributed by atoms with E-state index in [1.807, 2.05) is 31.2 Å². The van der Waals surface area contributed by atoms with Gasteiger partial charge in [0.1, 0.15) is 0 Å². The van der Waals surface area contributed by atoms with Gasteiger partial charge < -0.3 is 4.42 Å². The standard InChI is InChI=1S/C13H9NO3/c1-7-2-4-9-8(6-7)3-5-10-11(9)17-13(16)14-12(10)15/h2-6H,1H3,(H,14,15,16). The van der Waals surface area contributed by atoms with E-state index in [9.17, 15) is 9.59 Å². The molecule has 2 aromatic carbocycles. The second kappa shape index (κ2) is 3.31. The van der Waals surface area contributed by atoms with Crippen molar-refractivity contribution in [2.45, 2.75) is 6.92 Å². The van der Waals surface area contributed by atoms with Crippen molar-refractivity contribution < 1.29 is 4.42 Å². The van der Waals surface area contributed by atoms with Crippen LogP contribution in [0.1, 0.15) is 5.56 Å². The van der Waals surface area contributed by atoms with Crippen molar-refractivity contribution in [3.05, 3.63) is 56.8 Å². The molecule has 0 radical (unpaired) electrons. The predicted molar refractivity (Wildman–Crippen MR) is 65.3 cm³/mol. The van der Waals surface area contributed by atoms with Crippen LogP contribution in [0.25, 0.3) is 21.7 Å². The summed E-state index contributed by atoms with van der Waals surface area (Å²) in [6, 6.07) is 9.27. The third kappa shape index (κ3) is 1.45. The first kappa shape index (κ1) is 9.84. The molecular weight excluding hydrogens is 218 g/mol. The Morgan fingerprint density at radius 1 is 1.06 bits per heavy atom. The molecule has 0 fully saturated rings.